The third-order valence-corrected chi connectivity index (χ3v) is 7.13. The van der Waals surface area contributed by atoms with Crippen LogP contribution in [0.1, 0.15) is 16.8 Å². The fourth-order valence-corrected chi connectivity index (χ4v) is 5.15. The maximum atomic E-state index is 13.6. The van der Waals surface area contributed by atoms with E-state index in [0.29, 0.717) is 5.69 Å². The lowest BCUT2D eigenvalue weighted by molar-refractivity contribution is -0.384. The molecule has 0 saturated carbocycles. The van der Waals surface area contributed by atoms with Crippen molar-refractivity contribution in [1.29, 1.82) is 0 Å². The maximum Gasteiger partial charge on any atom is 0.317 e. The molecule has 178 valence electrons. The van der Waals surface area contributed by atoms with E-state index >= 15 is 0 Å². The van der Waals surface area contributed by atoms with Crippen LogP contribution in [0.2, 0.25) is 0 Å². The van der Waals surface area contributed by atoms with Gasteiger partial charge in [-0.2, -0.15) is 9.78 Å². The summed E-state index contributed by atoms with van der Waals surface area (Å²) in [6.45, 7) is 3.40. The predicted octanol–water partition coefficient (Wildman–Crippen LogP) is 4.38. The van der Waals surface area contributed by atoms with Crippen molar-refractivity contribution in [2.45, 2.75) is 30.1 Å². The van der Waals surface area contributed by atoms with Crippen LogP contribution >= 0.6 is 0 Å². The number of hydrogen-bond acceptors (Lipinski definition) is 7. The van der Waals surface area contributed by atoms with Gasteiger partial charge in [-0.15, -0.1) is 0 Å². The number of carbonyl (C=O) groups is 1. The maximum absolute atomic E-state index is 13.6. The third-order valence-electron chi connectivity index (χ3n) is 5.23. The first-order valence-corrected chi connectivity index (χ1v) is 12.1. The van der Waals surface area contributed by atoms with Crippen LogP contribution in [0, 0.1) is 24.0 Å². The molecule has 0 spiro atoms. The molecule has 1 aromatic heterocycles. The lowest BCUT2D eigenvalue weighted by Crippen LogP contribution is -2.16. The Bertz CT molecular complexity index is 1510. The van der Waals surface area contributed by atoms with Gasteiger partial charge in [-0.1, -0.05) is 48.0 Å². The van der Waals surface area contributed by atoms with Crippen molar-refractivity contribution in [1.82, 2.24) is 9.78 Å². The minimum atomic E-state index is -4.24. The smallest absolute Gasteiger partial charge is 0.317 e. The van der Waals surface area contributed by atoms with Crippen molar-refractivity contribution >= 4 is 21.5 Å². The zero-order valence-electron chi connectivity index (χ0n) is 18.9. The van der Waals surface area contributed by atoms with Crippen molar-refractivity contribution in [2.75, 3.05) is 0 Å². The highest BCUT2D eigenvalue weighted by Crippen LogP contribution is 2.35. The predicted molar refractivity (Wildman–Crippen MR) is 127 cm³/mol. The molecule has 0 aliphatic rings. The highest BCUT2D eigenvalue weighted by molar-refractivity contribution is 7.91. The summed E-state index contributed by atoms with van der Waals surface area (Å²) in [5.74, 6) is -0.905. The summed E-state index contributed by atoms with van der Waals surface area (Å²) in [5, 5.41) is 15.3. The van der Waals surface area contributed by atoms with Crippen molar-refractivity contribution in [2.24, 2.45) is 0 Å². The fourth-order valence-electron chi connectivity index (χ4n) is 3.63. The Hall–Kier alpha value is -4.31. The molecule has 0 fully saturated rings. The first-order valence-electron chi connectivity index (χ1n) is 10.6. The second-order valence-electron chi connectivity index (χ2n) is 7.86. The number of nitro benzene ring substituents is 1. The molecule has 0 aliphatic heterocycles. The summed E-state index contributed by atoms with van der Waals surface area (Å²) in [6, 6.07) is 20.5. The minimum Gasteiger partial charge on any atom is -0.406 e. The number of aromatic nitrogens is 2. The Labute approximate surface area is 201 Å². The molecule has 0 aliphatic carbocycles. The molecule has 9 nitrogen and oxygen atoms in total. The summed E-state index contributed by atoms with van der Waals surface area (Å²) in [6.07, 6.45) is -0.0717. The number of nitrogens with zero attached hydrogens (tertiary/aromatic N) is 3. The number of hydrogen-bond donors (Lipinski definition) is 0. The number of carbonyl (C=O) groups excluding carboxylic acids is 1. The average molecular weight is 492 g/mol. The van der Waals surface area contributed by atoms with Crippen LogP contribution in [0.5, 0.6) is 5.88 Å². The molecule has 4 rings (SSSR count). The van der Waals surface area contributed by atoms with Gasteiger partial charge in [0.2, 0.25) is 15.7 Å². The zero-order valence-corrected chi connectivity index (χ0v) is 19.7. The highest BCUT2D eigenvalue weighted by atomic mass is 32.2. The summed E-state index contributed by atoms with van der Waals surface area (Å²) in [5.41, 5.74) is 2.06. The van der Waals surface area contributed by atoms with Crippen molar-refractivity contribution < 1.29 is 22.9 Å². The summed E-state index contributed by atoms with van der Waals surface area (Å²) < 4.78 is 34.0. The topological polar surface area (TPSA) is 121 Å². The molecule has 35 heavy (non-hydrogen) atoms. The van der Waals surface area contributed by atoms with Gasteiger partial charge in [0.1, 0.15) is 0 Å². The standard InChI is InChI=1S/C25H21N3O6S/c1-17-7-6-8-19(15-17)16-23(29)34-25-24(18(2)26-27(25)20-9-4-3-5-10-20)35(32,33)22-13-11-21(12-14-22)28(30)31/h3-15H,16H2,1-2H3. The van der Waals surface area contributed by atoms with Gasteiger partial charge in [-0.25, -0.2) is 8.42 Å². The normalized spacial score (nSPS) is 11.3. The molecule has 0 radical (unpaired) electrons. The van der Waals surface area contributed by atoms with Crippen LogP contribution in [-0.4, -0.2) is 29.1 Å². The van der Waals surface area contributed by atoms with E-state index in [1.54, 1.807) is 36.4 Å². The molecule has 0 atom stereocenters. The number of nitro groups is 1. The van der Waals surface area contributed by atoms with Crippen LogP contribution < -0.4 is 4.74 Å². The monoisotopic (exact) mass is 491 g/mol. The highest BCUT2D eigenvalue weighted by Gasteiger charge is 2.32. The minimum absolute atomic E-state index is 0.0717. The van der Waals surface area contributed by atoms with Gasteiger partial charge >= 0.3 is 5.97 Å². The van der Waals surface area contributed by atoms with Crippen molar-refractivity contribution in [3.05, 3.63) is 106 Å². The number of ether oxygens (including phenoxy) is 1. The SMILES string of the molecule is Cc1cccc(CC(=O)Oc2c(S(=O)(=O)c3ccc([N+](=O)[O-])cc3)c(C)nn2-c2ccccc2)c1. The van der Waals surface area contributed by atoms with Gasteiger partial charge in [-0.05, 0) is 43.7 Å². The molecule has 0 N–H and O–H groups in total. The van der Waals surface area contributed by atoms with Crippen molar-refractivity contribution in [3.63, 3.8) is 0 Å². The van der Waals surface area contributed by atoms with Gasteiger partial charge in [0.15, 0.2) is 4.90 Å². The Morgan fingerprint density at radius 1 is 1.00 bits per heavy atom. The third kappa shape index (κ3) is 4.97. The van der Waals surface area contributed by atoms with Crippen molar-refractivity contribution in [3.8, 4) is 11.6 Å². The van der Waals surface area contributed by atoms with Crippen LogP contribution in [-0.2, 0) is 21.1 Å². The zero-order chi connectivity index (χ0) is 25.2. The van der Waals surface area contributed by atoms with Crippen LogP contribution in [0.4, 0.5) is 5.69 Å². The fraction of sp³-hybridized carbons (Fsp3) is 0.120. The molecular weight excluding hydrogens is 470 g/mol. The van der Waals surface area contributed by atoms with E-state index in [1.165, 1.54) is 11.6 Å². The number of sulfone groups is 1. The summed E-state index contributed by atoms with van der Waals surface area (Å²) >= 11 is 0. The first kappa shape index (κ1) is 23.8. The number of rotatable bonds is 7. The van der Waals surface area contributed by atoms with E-state index < -0.39 is 20.7 Å². The van der Waals surface area contributed by atoms with E-state index in [9.17, 15) is 23.3 Å². The van der Waals surface area contributed by atoms with E-state index in [1.807, 2.05) is 25.1 Å². The van der Waals surface area contributed by atoms with Crippen LogP contribution in [0.25, 0.3) is 5.69 Å². The Kier molecular flexibility index (Phi) is 6.48. The number of benzene rings is 3. The molecule has 10 heteroatoms. The first-order chi connectivity index (χ1) is 16.7. The molecule has 0 saturated heterocycles. The molecule has 4 aromatic rings. The van der Waals surface area contributed by atoms with E-state index in [-0.39, 0.29) is 33.5 Å². The molecule has 3 aromatic carbocycles. The molecule has 0 amide bonds. The van der Waals surface area contributed by atoms with Gasteiger partial charge in [0, 0.05) is 12.1 Å². The number of para-hydroxylation sites is 1. The number of esters is 1. The van der Waals surface area contributed by atoms with Crippen LogP contribution in [0.15, 0.2) is 88.7 Å². The lowest BCUT2D eigenvalue weighted by Gasteiger charge is -2.11. The Morgan fingerprint density at radius 3 is 2.31 bits per heavy atom. The Morgan fingerprint density at radius 2 is 1.69 bits per heavy atom. The largest absolute Gasteiger partial charge is 0.406 e. The van der Waals surface area contributed by atoms with E-state index in [2.05, 4.69) is 5.10 Å². The van der Waals surface area contributed by atoms with Gasteiger partial charge in [-0.3, -0.25) is 14.9 Å². The molecule has 0 bridgehead atoms. The van der Waals surface area contributed by atoms with Gasteiger partial charge in [0.05, 0.1) is 27.6 Å². The summed E-state index contributed by atoms with van der Waals surface area (Å²) in [4.78, 5) is 22.8. The average Bonchev–Trinajstić information content (AvgIpc) is 3.15. The molecular formula is C25H21N3O6S. The molecule has 1 heterocycles. The van der Waals surface area contributed by atoms with Gasteiger partial charge in [0.25, 0.3) is 5.69 Å². The summed E-state index contributed by atoms with van der Waals surface area (Å²) in [7, 11) is -4.24. The van der Waals surface area contributed by atoms with Crippen LogP contribution in [0.3, 0.4) is 0 Å². The second-order valence-corrected chi connectivity index (χ2v) is 9.75. The quantitative estimate of drug-likeness (QED) is 0.214. The lowest BCUT2D eigenvalue weighted by atomic mass is 10.1. The number of aryl methyl sites for hydroxylation is 2. The molecule has 0 unspecified atom stereocenters. The van der Waals surface area contributed by atoms with E-state index in [4.69, 9.17) is 4.74 Å². The van der Waals surface area contributed by atoms with E-state index in [0.717, 1.165) is 35.4 Å². The second kappa shape index (κ2) is 9.51. The van der Waals surface area contributed by atoms with Gasteiger partial charge < -0.3 is 4.74 Å². The number of non-ortho nitro benzene ring substituents is 1. The Balaban J connectivity index is 1.80.